The molecule has 0 aromatic carbocycles. The second kappa shape index (κ2) is 5.29. The van der Waals surface area contributed by atoms with Gasteiger partial charge in [0.25, 0.3) is 5.91 Å². The maximum Gasteiger partial charge on any atom is 0.259 e. The van der Waals surface area contributed by atoms with Crippen LogP contribution in [0.2, 0.25) is 0 Å². The topological polar surface area (TPSA) is 41.1 Å². The third-order valence-corrected chi connectivity index (χ3v) is 3.13. The number of hydrogen-bond donors (Lipinski definition) is 2. The zero-order valence-corrected chi connectivity index (χ0v) is 9.83. The van der Waals surface area contributed by atoms with Gasteiger partial charge in [-0.1, -0.05) is 13.8 Å². The summed E-state index contributed by atoms with van der Waals surface area (Å²) < 4.78 is 0. The second-order valence-electron chi connectivity index (χ2n) is 3.35. The van der Waals surface area contributed by atoms with Crippen LogP contribution in [0.5, 0.6) is 0 Å². The summed E-state index contributed by atoms with van der Waals surface area (Å²) in [7, 11) is 0. The fourth-order valence-corrected chi connectivity index (χ4v) is 2.29. The Labute approximate surface area is 89.7 Å². The average molecular weight is 214 g/mol. The average Bonchev–Trinajstić information content (AvgIpc) is 2.28. The van der Waals surface area contributed by atoms with E-state index < -0.39 is 0 Å². The third kappa shape index (κ3) is 2.67. The third-order valence-electron chi connectivity index (χ3n) is 2.12. The maximum atomic E-state index is 11.8. The van der Waals surface area contributed by atoms with Gasteiger partial charge in [0.05, 0.1) is 4.91 Å². The number of carbonyl (C=O) groups excluding carboxylic acids is 1. The van der Waals surface area contributed by atoms with Crippen molar-refractivity contribution in [2.24, 2.45) is 0 Å². The van der Waals surface area contributed by atoms with Crippen molar-refractivity contribution in [1.82, 2.24) is 10.6 Å². The first kappa shape index (κ1) is 11.4. The molecule has 3 nitrogen and oxygen atoms in total. The Kier molecular flexibility index (Phi) is 4.32. The highest BCUT2D eigenvalue weighted by Gasteiger charge is 2.20. The van der Waals surface area contributed by atoms with E-state index in [4.69, 9.17) is 0 Å². The lowest BCUT2D eigenvalue weighted by atomic mass is 10.3. The minimum atomic E-state index is 0.0752. The van der Waals surface area contributed by atoms with E-state index in [-0.39, 0.29) is 11.9 Å². The highest BCUT2D eigenvalue weighted by atomic mass is 32.2. The van der Waals surface area contributed by atoms with Gasteiger partial charge in [0.1, 0.15) is 0 Å². The summed E-state index contributed by atoms with van der Waals surface area (Å²) in [5.41, 5.74) is 1.08. The van der Waals surface area contributed by atoms with Crippen LogP contribution in [-0.4, -0.2) is 24.2 Å². The lowest BCUT2D eigenvalue weighted by molar-refractivity contribution is -0.117. The predicted molar refractivity (Wildman–Crippen MR) is 61.1 cm³/mol. The van der Waals surface area contributed by atoms with Gasteiger partial charge in [-0.3, -0.25) is 4.79 Å². The van der Waals surface area contributed by atoms with Gasteiger partial charge in [0.2, 0.25) is 0 Å². The van der Waals surface area contributed by atoms with Crippen molar-refractivity contribution in [3.63, 3.8) is 0 Å². The molecule has 1 rings (SSSR count). The van der Waals surface area contributed by atoms with Crippen LogP contribution in [0.3, 0.4) is 0 Å². The van der Waals surface area contributed by atoms with Gasteiger partial charge in [-0.25, -0.2) is 0 Å². The number of hydrogen-bond acceptors (Lipinski definition) is 3. The van der Waals surface area contributed by atoms with Gasteiger partial charge < -0.3 is 10.6 Å². The van der Waals surface area contributed by atoms with E-state index in [9.17, 15) is 4.79 Å². The van der Waals surface area contributed by atoms with Crippen LogP contribution in [0, 0.1) is 0 Å². The standard InChI is InChI=1S/C10H18N2OS/c1-4-8-9(14-5-2)10(13)12-7(3)6-11-8/h7,11H,4-6H2,1-3H3,(H,12,13)/t7-/m1/s1. The Hall–Kier alpha value is -0.640. The molecule has 1 aliphatic rings. The van der Waals surface area contributed by atoms with Gasteiger partial charge in [0.15, 0.2) is 0 Å². The summed E-state index contributed by atoms with van der Waals surface area (Å²) >= 11 is 1.61. The van der Waals surface area contributed by atoms with Crippen molar-refractivity contribution in [3.8, 4) is 0 Å². The molecular weight excluding hydrogens is 196 g/mol. The van der Waals surface area contributed by atoms with Crippen LogP contribution in [0.1, 0.15) is 27.2 Å². The molecule has 0 saturated heterocycles. The fourth-order valence-electron chi connectivity index (χ4n) is 1.42. The van der Waals surface area contributed by atoms with Crippen LogP contribution in [-0.2, 0) is 4.79 Å². The van der Waals surface area contributed by atoms with Crippen LogP contribution in [0.15, 0.2) is 10.6 Å². The molecule has 0 aromatic heterocycles. The van der Waals surface area contributed by atoms with Crippen LogP contribution >= 0.6 is 11.8 Å². The highest BCUT2D eigenvalue weighted by Crippen LogP contribution is 2.21. The lowest BCUT2D eigenvalue weighted by Crippen LogP contribution is -2.36. The summed E-state index contributed by atoms with van der Waals surface area (Å²) in [5.74, 6) is 1.01. The van der Waals surface area contributed by atoms with Crippen LogP contribution in [0.4, 0.5) is 0 Å². The summed E-state index contributed by atoms with van der Waals surface area (Å²) in [6.07, 6.45) is 0.891. The molecule has 0 fully saturated rings. The number of allylic oxidation sites excluding steroid dienone is 1. The first-order valence-electron chi connectivity index (χ1n) is 5.09. The zero-order chi connectivity index (χ0) is 10.6. The number of nitrogens with one attached hydrogen (secondary N) is 2. The molecule has 0 saturated carbocycles. The molecule has 1 atom stereocenters. The highest BCUT2D eigenvalue weighted by molar-refractivity contribution is 8.04. The fraction of sp³-hybridized carbons (Fsp3) is 0.700. The van der Waals surface area contributed by atoms with E-state index >= 15 is 0 Å². The molecule has 1 heterocycles. The molecule has 4 heteroatoms. The first-order valence-corrected chi connectivity index (χ1v) is 6.08. The number of rotatable bonds is 3. The van der Waals surface area contributed by atoms with Crippen LogP contribution < -0.4 is 10.6 Å². The second-order valence-corrected chi connectivity index (χ2v) is 4.62. The van der Waals surface area contributed by atoms with E-state index in [1.165, 1.54) is 0 Å². The molecule has 1 amide bonds. The number of thioether (sulfide) groups is 1. The summed E-state index contributed by atoms with van der Waals surface area (Å²) in [4.78, 5) is 12.6. The molecule has 0 aliphatic carbocycles. The molecule has 0 bridgehead atoms. The van der Waals surface area contributed by atoms with Crippen LogP contribution in [0.25, 0.3) is 0 Å². The van der Waals surface area contributed by atoms with Crippen molar-refractivity contribution >= 4 is 17.7 Å². The minimum Gasteiger partial charge on any atom is -0.385 e. The van der Waals surface area contributed by atoms with Crippen molar-refractivity contribution < 1.29 is 4.79 Å². The lowest BCUT2D eigenvalue weighted by Gasteiger charge is -2.09. The summed E-state index contributed by atoms with van der Waals surface area (Å²) in [6.45, 7) is 6.97. The monoisotopic (exact) mass is 214 g/mol. The van der Waals surface area contributed by atoms with Gasteiger partial charge in [-0.15, -0.1) is 11.8 Å². The minimum absolute atomic E-state index is 0.0752. The smallest absolute Gasteiger partial charge is 0.259 e. The van der Waals surface area contributed by atoms with Crippen molar-refractivity contribution in [2.45, 2.75) is 33.2 Å². The molecule has 2 N–H and O–H groups in total. The van der Waals surface area contributed by atoms with Crippen molar-refractivity contribution in [3.05, 3.63) is 10.6 Å². The van der Waals surface area contributed by atoms with E-state index in [0.29, 0.717) is 0 Å². The normalized spacial score (nSPS) is 22.8. The van der Waals surface area contributed by atoms with Gasteiger partial charge >= 0.3 is 0 Å². The van der Waals surface area contributed by atoms with E-state index in [0.717, 1.165) is 29.3 Å². The molecule has 0 aromatic rings. The Morgan fingerprint density at radius 1 is 1.50 bits per heavy atom. The van der Waals surface area contributed by atoms with Crippen molar-refractivity contribution in [2.75, 3.05) is 12.3 Å². The Morgan fingerprint density at radius 2 is 2.21 bits per heavy atom. The molecule has 1 aliphatic heterocycles. The largest absolute Gasteiger partial charge is 0.385 e. The zero-order valence-electron chi connectivity index (χ0n) is 9.02. The number of carbonyl (C=O) groups is 1. The SMILES string of the molecule is CCSC1=C(CC)NC[C@@H](C)NC1=O. The van der Waals surface area contributed by atoms with Crippen molar-refractivity contribution in [1.29, 1.82) is 0 Å². The maximum absolute atomic E-state index is 11.8. The Morgan fingerprint density at radius 3 is 2.79 bits per heavy atom. The summed E-state index contributed by atoms with van der Waals surface area (Å²) in [5, 5.41) is 6.28. The predicted octanol–water partition coefficient (Wildman–Crippen LogP) is 1.47. The quantitative estimate of drug-likeness (QED) is 0.747. The van der Waals surface area contributed by atoms with Gasteiger partial charge in [-0.2, -0.15) is 0 Å². The first-order chi connectivity index (χ1) is 6.69. The van der Waals surface area contributed by atoms with E-state index in [2.05, 4.69) is 24.5 Å². The Bertz CT molecular complexity index is 251. The van der Waals surface area contributed by atoms with E-state index in [1.54, 1.807) is 11.8 Å². The molecule has 0 unspecified atom stereocenters. The molecule has 0 spiro atoms. The van der Waals surface area contributed by atoms with Gasteiger partial charge in [-0.05, 0) is 19.1 Å². The molecule has 80 valence electrons. The van der Waals surface area contributed by atoms with E-state index in [1.807, 2.05) is 6.92 Å². The number of amides is 1. The van der Waals surface area contributed by atoms with Gasteiger partial charge in [0, 0.05) is 18.3 Å². The molecule has 14 heavy (non-hydrogen) atoms. The summed E-state index contributed by atoms with van der Waals surface area (Å²) in [6, 6.07) is 0.207. The molecule has 0 radical (unpaired) electrons. The molecular formula is C10H18N2OS. The Balaban J connectivity index is 2.86.